The number of carbonyl (C=O) groups excluding carboxylic acids is 1. The molecule has 4 aromatic rings. The summed E-state index contributed by atoms with van der Waals surface area (Å²) in [5, 5.41) is 0. The number of allylic oxidation sites excluding steroid dienone is 1. The molecule has 0 amide bonds. The molecule has 0 spiro atoms. The third kappa shape index (κ3) is 6.17. The Morgan fingerprint density at radius 1 is 1.12 bits per heavy atom. The van der Waals surface area contributed by atoms with Crippen molar-refractivity contribution in [2.24, 2.45) is 4.99 Å². The van der Waals surface area contributed by atoms with Gasteiger partial charge in [0.25, 0.3) is 5.56 Å². The molecule has 0 radical (unpaired) electrons. The lowest BCUT2D eigenvalue weighted by molar-refractivity contribution is -0.139. The van der Waals surface area contributed by atoms with Crippen LogP contribution in [0.4, 0.5) is 4.39 Å². The fraction of sp³-hybridized carbons (Fsp3) is 0.242. The second-order valence-electron chi connectivity index (χ2n) is 10.2. The van der Waals surface area contributed by atoms with E-state index < -0.39 is 12.0 Å². The van der Waals surface area contributed by atoms with E-state index in [2.05, 4.69) is 34.8 Å². The monoisotopic (exact) mass is 648 g/mol. The van der Waals surface area contributed by atoms with Gasteiger partial charge in [0.15, 0.2) is 4.80 Å². The second kappa shape index (κ2) is 12.6. The topological polar surface area (TPSA) is 69.9 Å². The zero-order chi connectivity index (χ0) is 30.0. The van der Waals surface area contributed by atoms with E-state index in [9.17, 15) is 14.0 Å². The fourth-order valence-corrected chi connectivity index (χ4v) is 6.34. The highest BCUT2D eigenvalue weighted by molar-refractivity contribution is 9.10. The van der Waals surface area contributed by atoms with Crippen LogP contribution >= 0.6 is 27.3 Å². The Labute approximate surface area is 255 Å². The minimum Gasteiger partial charge on any atom is -0.488 e. The van der Waals surface area contributed by atoms with Gasteiger partial charge in [-0.25, -0.2) is 14.2 Å². The van der Waals surface area contributed by atoms with Crippen LogP contribution in [-0.2, 0) is 16.1 Å². The van der Waals surface area contributed by atoms with Gasteiger partial charge in [-0.05, 0) is 88.3 Å². The van der Waals surface area contributed by atoms with Crippen LogP contribution in [-0.4, -0.2) is 17.1 Å². The maximum absolute atomic E-state index is 13.9. The summed E-state index contributed by atoms with van der Waals surface area (Å²) in [5.74, 6) is 0.197. The molecule has 0 fully saturated rings. The first-order chi connectivity index (χ1) is 20.2. The number of hydrogen-bond acceptors (Lipinski definition) is 6. The van der Waals surface area contributed by atoms with Gasteiger partial charge < -0.3 is 9.47 Å². The lowest BCUT2D eigenvalue weighted by Crippen LogP contribution is -2.39. The molecule has 1 aliphatic heterocycles. The molecule has 0 saturated heterocycles. The van der Waals surface area contributed by atoms with Gasteiger partial charge in [0.1, 0.15) is 18.2 Å². The van der Waals surface area contributed by atoms with Crippen molar-refractivity contribution in [3.05, 3.63) is 130 Å². The molecular formula is C33H30BrFN2O4S. The van der Waals surface area contributed by atoms with Crippen LogP contribution in [0.15, 0.2) is 92.3 Å². The van der Waals surface area contributed by atoms with Crippen molar-refractivity contribution in [1.82, 2.24) is 4.57 Å². The van der Waals surface area contributed by atoms with Crippen molar-refractivity contribution in [2.75, 3.05) is 6.61 Å². The molecule has 1 aromatic heterocycles. The first-order valence-electron chi connectivity index (χ1n) is 13.6. The maximum atomic E-state index is 13.9. The molecule has 2 heterocycles. The number of ether oxygens (including phenoxy) is 2. The average Bonchev–Trinajstić information content (AvgIpc) is 3.26. The van der Waals surface area contributed by atoms with Gasteiger partial charge >= 0.3 is 5.97 Å². The zero-order valence-electron chi connectivity index (χ0n) is 23.7. The molecule has 0 aliphatic carbocycles. The van der Waals surface area contributed by atoms with Crippen LogP contribution in [0, 0.1) is 5.82 Å². The highest BCUT2D eigenvalue weighted by Crippen LogP contribution is 2.32. The molecule has 42 heavy (non-hydrogen) atoms. The molecule has 0 N–H and O–H groups in total. The predicted octanol–water partition coefficient (Wildman–Crippen LogP) is 6.40. The summed E-state index contributed by atoms with van der Waals surface area (Å²) in [6, 6.07) is 19.1. The molecule has 1 atom stereocenters. The van der Waals surface area contributed by atoms with Crippen LogP contribution < -0.4 is 19.6 Å². The number of hydrogen-bond donors (Lipinski definition) is 0. The summed E-state index contributed by atoms with van der Waals surface area (Å²) in [4.78, 5) is 32.2. The van der Waals surface area contributed by atoms with Crippen LogP contribution in [0.2, 0.25) is 0 Å². The molecule has 0 bridgehead atoms. The van der Waals surface area contributed by atoms with Crippen molar-refractivity contribution in [3.8, 4) is 5.75 Å². The minimum atomic E-state index is -0.655. The van der Waals surface area contributed by atoms with E-state index in [1.54, 1.807) is 36.6 Å². The summed E-state index contributed by atoms with van der Waals surface area (Å²) in [7, 11) is 0. The van der Waals surface area contributed by atoms with Crippen molar-refractivity contribution in [2.45, 2.75) is 46.3 Å². The molecule has 216 valence electrons. The third-order valence-electron chi connectivity index (χ3n) is 7.00. The number of nitrogens with zero attached hydrogens (tertiary/aromatic N) is 2. The molecule has 0 saturated carbocycles. The van der Waals surface area contributed by atoms with E-state index in [4.69, 9.17) is 9.47 Å². The number of thiazole rings is 1. The SMILES string of the molecule is CCOC(=O)C1=C(C)N=c2s/c(=C/c3ccc(OCc4ccc(F)cc4)c(Br)c3)c(=O)n2[C@@H]1c1ccc(C(C)C)cc1. The third-order valence-corrected chi connectivity index (χ3v) is 8.60. The van der Waals surface area contributed by atoms with Gasteiger partial charge in [0.2, 0.25) is 0 Å². The van der Waals surface area contributed by atoms with Crippen LogP contribution in [0.3, 0.4) is 0 Å². The number of aromatic nitrogens is 1. The predicted molar refractivity (Wildman–Crippen MR) is 166 cm³/mol. The molecule has 0 unspecified atom stereocenters. The number of fused-ring (bicyclic) bond motifs is 1. The first kappa shape index (κ1) is 29.7. The Morgan fingerprint density at radius 2 is 1.83 bits per heavy atom. The summed E-state index contributed by atoms with van der Waals surface area (Å²) in [6.07, 6.45) is 1.81. The number of benzene rings is 3. The van der Waals surface area contributed by atoms with Gasteiger partial charge in [0.05, 0.1) is 32.9 Å². The Bertz CT molecular complexity index is 1840. The Balaban J connectivity index is 1.52. The van der Waals surface area contributed by atoms with Gasteiger partial charge in [-0.1, -0.05) is 67.6 Å². The minimum absolute atomic E-state index is 0.220. The molecule has 9 heteroatoms. The fourth-order valence-electron chi connectivity index (χ4n) is 4.79. The number of halogens is 2. The largest absolute Gasteiger partial charge is 0.488 e. The highest BCUT2D eigenvalue weighted by atomic mass is 79.9. The van der Waals surface area contributed by atoms with Crippen LogP contribution in [0.1, 0.15) is 61.9 Å². The number of carbonyl (C=O) groups is 1. The van der Waals surface area contributed by atoms with Gasteiger partial charge in [-0.2, -0.15) is 0 Å². The lowest BCUT2D eigenvalue weighted by atomic mass is 9.93. The quantitative estimate of drug-likeness (QED) is 0.207. The maximum Gasteiger partial charge on any atom is 0.338 e. The molecule has 6 nitrogen and oxygen atoms in total. The van der Waals surface area contributed by atoms with E-state index in [1.165, 1.54) is 29.0 Å². The van der Waals surface area contributed by atoms with Crippen molar-refractivity contribution >= 4 is 39.3 Å². The highest BCUT2D eigenvalue weighted by Gasteiger charge is 2.33. The first-order valence-corrected chi connectivity index (χ1v) is 15.2. The lowest BCUT2D eigenvalue weighted by Gasteiger charge is -2.25. The van der Waals surface area contributed by atoms with E-state index in [1.807, 2.05) is 42.5 Å². The second-order valence-corrected chi connectivity index (χ2v) is 12.1. The summed E-state index contributed by atoms with van der Waals surface area (Å²) >= 11 is 4.84. The summed E-state index contributed by atoms with van der Waals surface area (Å²) < 4.78 is 27.3. The average molecular weight is 650 g/mol. The summed E-state index contributed by atoms with van der Waals surface area (Å²) in [6.45, 7) is 8.28. The smallest absolute Gasteiger partial charge is 0.338 e. The summed E-state index contributed by atoms with van der Waals surface area (Å²) in [5.41, 5.74) is 4.27. The molecule has 5 rings (SSSR count). The van der Waals surface area contributed by atoms with E-state index in [-0.39, 0.29) is 24.6 Å². The van der Waals surface area contributed by atoms with Crippen LogP contribution in [0.5, 0.6) is 5.75 Å². The van der Waals surface area contributed by atoms with Crippen molar-refractivity contribution in [1.29, 1.82) is 0 Å². The van der Waals surface area contributed by atoms with E-state index >= 15 is 0 Å². The molecule has 1 aliphatic rings. The van der Waals surface area contributed by atoms with E-state index in [0.717, 1.165) is 21.2 Å². The standard InChI is InChI=1S/C33H30BrFN2O4S/c1-5-40-32(39)29-20(4)36-33-37(30(29)24-11-9-23(10-12-24)19(2)3)31(38)28(42-33)17-22-8-15-27(26(34)16-22)41-18-21-6-13-25(35)14-7-21/h6-17,19,30H,5,18H2,1-4H3/b28-17+/t30-/m1/s1. The number of rotatable bonds is 8. The Kier molecular flexibility index (Phi) is 8.89. The Hall–Kier alpha value is -3.82. The number of esters is 1. The van der Waals surface area contributed by atoms with Crippen molar-refractivity contribution in [3.63, 3.8) is 0 Å². The van der Waals surface area contributed by atoms with Gasteiger partial charge in [-0.15, -0.1) is 0 Å². The molecular weight excluding hydrogens is 619 g/mol. The normalized spacial score (nSPS) is 15.0. The zero-order valence-corrected chi connectivity index (χ0v) is 26.1. The van der Waals surface area contributed by atoms with Crippen LogP contribution in [0.25, 0.3) is 6.08 Å². The van der Waals surface area contributed by atoms with Gasteiger partial charge in [0, 0.05) is 0 Å². The van der Waals surface area contributed by atoms with Crippen molar-refractivity contribution < 1.29 is 18.7 Å². The molecule has 3 aromatic carbocycles. The Morgan fingerprint density at radius 3 is 2.48 bits per heavy atom. The van der Waals surface area contributed by atoms with E-state index in [0.29, 0.717) is 32.3 Å². The van der Waals surface area contributed by atoms with Gasteiger partial charge in [-0.3, -0.25) is 9.36 Å².